The fraction of sp³-hybridized carbons (Fsp3) is 0.909. The topological polar surface area (TPSA) is 35.5 Å². The van der Waals surface area contributed by atoms with Crippen LogP contribution >= 0.6 is 15.9 Å². The minimum atomic E-state index is -0.384. The zero-order valence-electron chi connectivity index (χ0n) is 8.58. The molecule has 1 saturated heterocycles. The van der Waals surface area contributed by atoms with Gasteiger partial charge in [0.15, 0.2) is 5.79 Å². The van der Waals surface area contributed by atoms with Crippen LogP contribution in [-0.4, -0.2) is 30.1 Å². The van der Waals surface area contributed by atoms with Crippen molar-refractivity contribution in [2.24, 2.45) is 17.8 Å². The molecule has 2 aliphatic carbocycles. The molecule has 1 spiro atoms. The van der Waals surface area contributed by atoms with E-state index in [1.54, 1.807) is 0 Å². The molecule has 0 amide bonds. The number of ether oxygens (including phenoxy) is 2. The molecule has 3 atom stereocenters. The zero-order valence-corrected chi connectivity index (χ0v) is 10.2. The quantitative estimate of drug-likeness (QED) is 0.720. The molecule has 0 aromatic carbocycles. The van der Waals surface area contributed by atoms with E-state index in [4.69, 9.17) is 9.47 Å². The van der Waals surface area contributed by atoms with Crippen LogP contribution in [0.3, 0.4) is 0 Å². The van der Waals surface area contributed by atoms with Gasteiger partial charge in [0.25, 0.3) is 0 Å². The molecule has 3 aliphatic rings. The van der Waals surface area contributed by atoms with Crippen molar-refractivity contribution in [2.45, 2.75) is 25.0 Å². The van der Waals surface area contributed by atoms with Gasteiger partial charge in [-0.2, -0.15) is 0 Å². The number of fused-ring (bicyclic) bond motifs is 2. The summed E-state index contributed by atoms with van der Waals surface area (Å²) in [5, 5.41) is 0.919. The highest BCUT2D eigenvalue weighted by Crippen LogP contribution is 2.61. The Bertz CT molecular complexity index is 286. The van der Waals surface area contributed by atoms with E-state index >= 15 is 0 Å². The number of rotatable bonds is 2. The standard InChI is InChI=1S/C11H15BrO3/c12-4-3-8-10-7(1-2-9(10)13)11(8)14-5-6-15-11/h7-8,10H,1-6H2/t7-,8+,10?/m1/s1. The predicted octanol–water partition coefficient (Wildman–Crippen LogP) is 1.74. The molecule has 0 aromatic heterocycles. The highest BCUT2D eigenvalue weighted by Gasteiger charge is 2.69. The third kappa shape index (κ3) is 1.22. The lowest BCUT2D eigenvalue weighted by molar-refractivity contribution is -0.306. The molecule has 1 aliphatic heterocycles. The Hall–Kier alpha value is 0.0700. The van der Waals surface area contributed by atoms with Gasteiger partial charge in [0.2, 0.25) is 0 Å². The summed E-state index contributed by atoms with van der Waals surface area (Å²) in [6, 6.07) is 0. The molecule has 1 unspecified atom stereocenters. The van der Waals surface area contributed by atoms with E-state index < -0.39 is 0 Å². The molecular weight excluding hydrogens is 260 g/mol. The smallest absolute Gasteiger partial charge is 0.175 e. The van der Waals surface area contributed by atoms with Crippen molar-refractivity contribution < 1.29 is 14.3 Å². The van der Waals surface area contributed by atoms with E-state index in [2.05, 4.69) is 15.9 Å². The van der Waals surface area contributed by atoms with Crippen molar-refractivity contribution in [2.75, 3.05) is 18.5 Å². The van der Waals surface area contributed by atoms with Crippen molar-refractivity contribution >= 4 is 21.7 Å². The van der Waals surface area contributed by atoms with Crippen molar-refractivity contribution in [3.8, 4) is 0 Å². The van der Waals surface area contributed by atoms with E-state index in [-0.39, 0.29) is 11.7 Å². The van der Waals surface area contributed by atoms with Crippen LogP contribution in [0.4, 0.5) is 0 Å². The normalized spacial score (nSPS) is 41.9. The monoisotopic (exact) mass is 274 g/mol. The number of carbonyl (C=O) groups is 1. The molecule has 15 heavy (non-hydrogen) atoms. The van der Waals surface area contributed by atoms with Crippen LogP contribution in [-0.2, 0) is 14.3 Å². The van der Waals surface area contributed by atoms with Gasteiger partial charge in [0, 0.05) is 29.5 Å². The first-order valence-corrected chi connectivity index (χ1v) is 6.78. The first-order chi connectivity index (χ1) is 7.29. The van der Waals surface area contributed by atoms with Gasteiger partial charge in [-0.15, -0.1) is 0 Å². The molecule has 84 valence electrons. The maximum Gasteiger partial charge on any atom is 0.175 e. The Labute approximate surface area is 97.6 Å². The molecule has 0 N–H and O–H groups in total. The molecule has 3 rings (SSSR count). The van der Waals surface area contributed by atoms with Crippen LogP contribution in [0.2, 0.25) is 0 Å². The van der Waals surface area contributed by atoms with Gasteiger partial charge in [-0.1, -0.05) is 15.9 Å². The molecule has 1 heterocycles. The van der Waals surface area contributed by atoms with Crippen LogP contribution in [0.1, 0.15) is 19.3 Å². The Kier molecular flexibility index (Phi) is 2.41. The highest BCUT2D eigenvalue weighted by molar-refractivity contribution is 9.09. The van der Waals surface area contributed by atoms with Crippen molar-refractivity contribution in [1.29, 1.82) is 0 Å². The largest absolute Gasteiger partial charge is 0.347 e. The maximum absolute atomic E-state index is 11.7. The second-order valence-electron chi connectivity index (χ2n) is 4.64. The minimum Gasteiger partial charge on any atom is -0.347 e. The summed E-state index contributed by atoms with van der Waals surface area (Å²) in [5.41, 5.74) is 0. The molecule has 3 nitrogen and oxygen atoms in total. The molecule has 0 aromatic rings. The van der Waals surface area contributed by atoms with Gasteiger partial charge < -0.3 is 9.47 Å². The first-order valence-electron chi connectivity index (χ1n) is 5.66. The fourth-order valence-corrected chi connectivity index (χ4v) is 4.10. The third-order valence-corrected chi connectivity index (χ3v) is 4.59. The predicted molar refractivity (Wildman–Crippen MR) is 57.8 cm³/mol. The number of alkyl halides is 1. The number of ketones is 1. The summed E-state index contributed by atoms with van der Waals surface area (Å²) >= 11 is 3.45. The van der Waals surface area contributed by atoms with Gasteiger partial charge in [-0.25, -0.2) is 0 Å². The summed E-state index contributed by atoms with van der Waals surface area (Å²) in [7, 11) is 0. The molecule has 3 fully saturated rings. The summed E-state index contributed by atoms with van der Waals surface area (Å²) in [6.07, 6.45) is 2.66. The molecule has 0 bridgehead atoms. The lowest BCUT2D eigenvalue weighted by Gasteiger charge is -2.54. The van der Waals surface area contributed by atoms with Gasteiger partial charge >= 0.3 is 0 Å². The Balaban J connectivity index is 1.85. The van der Waals surface area contributed by atoms with Crippen LogP contribution in [0.15, 0.2) is 0 Å². The number of Topliss-reactive ketones (excluding diaryl/α,β-unsaturated/α-hetero) is 1. The first kappa shape index (κ1) is 10.2. The lowest BCUT2D eigenvalue weighted by Crippen LogP contribution is -2.62. The van der Waals surface area contributed by atoms with Crippen molar-refractivity contribution in [3.63, 3.8) is 0 Å². The Morgan fingerprint density at radius 1 is 1.40 bits per heavy atom. The van der Waals surface area contributed by atoms with Crippen LogP contribution in [0, 0.1) is 17.8 Å². The third-order valence-electron chi connectivity index (χ3n) is 4.13. The molecule has 4 heteroatoms. The number of hydrogen-bond donors (Lipinski definition) is 0. The number of carbonyl (C=O) groups excluding carboxylic acids is 1. The minimum absolute atomic E-state index is 0.223. The van der Waals surface area contributed by atoms with Gasteiger partial charge in [0.05, 0.1) is 13.2 Å². The van der Waals surface area contributed by atoms with E-state index in [1.807, 2.05) is 0 Å². The summed E-state index contributed by atoms with van der Waals surface area (Å²) in [4.78, 5) is 11.7. The second kappa shape index (κ2) is 3.54. The summed E-state index contributed by atoms with van der Waals surface area (Å²) < 4.78 is 11.6. The van der Waals surface area contributed by atoms with Gasteiger partial charge in [0.1, 0.15) is 5.78 Å². The van der Waals surface area contributed by atoms with Crippen LogP contribution in [0.5, 0.6) is 0 Å². The fourth-order valence-electron chi connectivity index (χ4n) is 3.60. The van der Waals surface area contributed by atoms with E-state index in [0.717, 1.165) is 24.6 Å². The van der Waals surface area contributed by atoms with Crippen molar-refractivity contribution in [3.05, 3.63) is 0 Å². The Morgan fingerprint density at radius 3 is 2.80 bits per heavy atom. The molecule has 0 radical (unpaired) electrons. The maximum atomic E-state index is 11.7. The molecule has 2 saturated carbocycles. The summed E-state index contributed by atoms with van der Waals surface area (Å²) in [5.74, 6) is 0.900. The van der Waals surface area contributed by atoms with Gasteiger partial charge in [-0.05, 0) is 12.8 Å². The number of hydrogen-bond acceptors (Lipinski definition) is 3. The van der Waals surface area contributed by atoms with Crippen LogP contribution < -0.4 is 0 Å². The lowest BCUT2D eigenvalue weighted by atomic mass is 9.59. The zero-order chi connectivity index (χ0) is 10.5. The number of halogens is 1. The highest BCUT2D eigenvalue weighted by atomic mass is 79.9. The van der Waals surface area contributed by atoms with Crippen molar-refractivity contribution in [1.82, 2.24) is 0 Å². The van der Waals surface area contributed by atoms with Gasteiger partial charge in [-0.3, -0.25) is 4.79 Å². The summed E-state index contributed by atoms with van der Waals surface area (Å²) in [6.45, 7) is 1.38. The average Bonchev–Trinajstić information content (AvgIpc) is 2.80. The van der Waals surface area contributed by atoms with E-state index in [0.29, 0.717) is 30.8 Å². The molecular formula is C11H15BrO3. The van der Waals surface area contributed by atoms with Crippen LogP contribution in [0.25, 0.3) is 0 Å². The average molecular weight is 275 g/mol. The second-order valence-corrected chi connectivity index (χ2v) is 5.43. The SMILES string of the molecule is O=C1CC[C@@H]2C1[C@H](CCBr)C21OCCO1. The van der Waals surface area contributed by atoms with E-state index in [9.17, 15) is 4.79 Å². The van der Waals surface area contributed by atoms with E-state index in [1.165, 1.54) is 0 Å². The Morgan fingerprint density at radius 2 is 2.13 bits per heavy atom.